The molecule has 5 nitrogen and oxygen atoms in total. The fourth-order valence-electron chi connectivity index (χ4n) is 4.67. The van der Waals surface area contributed by atoms with Gasteiger partial charge in [0.2, 0.25) is 0 Å². The highest BCUT2D eigenvalue weighted by Gasteiger charge is 2.22. The fraction of sp³-hybridized carbons (Fsp3) is 0.423. The molecule has 0 atom stereocenters. The van der Waals surface area contributed by atoms with Crippen LogP contribution in [0, 0.1) is 3.57 Å². The number of unbranched alkanes of at least 4 members (excludes halogenated alkanes) is 3. The molecule has 0 unspecified atom stereocenters. The molecule has 2 heterocycles. The zero-order chi connectivity index (χ0) is 23.2. The fourth-order valence-corrected chi connectivity index (χ4v) is 5.32. The first-order valence-electron chi connectivity index (χ1n) is 11.9. The monoisotopic (exact) mass is 578 g/mol. The van der Waals surface area contributed by atoms with Crippen molar-refractivity contribution in [3.63, 3.8) is 0 Å². The number of amides is 2. The van der Waals surface area contributed by atoms with Crippen molar-refractivity contribution in [3.8, 4) is 0 Å². The van der Waals surface area contributed by atoms with Crippen LogP contribution in [-0.4, -0.2) is 35.5 Å². The summed E-state index contributed by atoms with van der Waals surface area (Å²) in [6.07, 6.45) is 9.82. The maximum Gasteiger partial charge on any atom is 0.323 e. The lowest BCUT2D eigenvalue weighted by molar-refractivity contribution is 0.209. The highest BCUT2D eigenvalue weighted by Crippen LogP contribution is 2.34. The van der Waals surface area contributed by atoms with E-state index in [9.17, 15) is 4.79 Å². The molecule has 2 aromatic carbocycles. The van der Waals surface area contributed by atoms with Crippen LogP contribution in [0.15, 0.2) is 42.6 Å². The number of aromatic amines is 1. The largest absolute Gasteiger partial charge is 0.361 e. The molecule has 0 spiro atoms. The van der Waals surface area contributed by atoms with Crippen molar-refractivity contribution in [1.29, 1.82) is 0 Å². The molecule has 1 saturated heterocycles. The summed E-state index contributed by atoms with van der Waals surface area (Å²) in [4.78, 5) is 18.6. The van der Waals surface area contributed by atoms with Gasteiger partial charge in [0.15, 0.2) is 0 Å². The summed E-state index contributed by atoms with van der Waals surface area (Å²) in [5.74, 6) is 0.555. The minimum atomic E-state index is -0.299. The molecule has 3 N–H and O–H groups in total. The third kappa shape index (κ3) is 6.43. The maximum atomic E-state index is 12.6. The van der Waals surface area contributed by atoms with Crippen molar-refractivity contribution in [2.24, 2.45) is 0 Å². The lowest BCUT2D eigenvalue weighted by Gasteiger charge is -2.32. The lowest BCUT2D eigenvalue weighted by atomic mass is 9.89. The molecule has 7 heteroatoms. The summed E-state index contributed by atoms with van der Waals surface area (Å²) < 4.78 is 1.01. The molecular weight excluding hydrogens is 547 g/mol. The minimum absolute atomic E-state index is 0.299. The number of carbonyl (C=O) groups is 1. The van der Waals surface area contributed by atoms with Crippen molar-refractivity contribution in [2.75, 3.05) is 30.3 Å². The van der Waals surface area contributed by atoms with Crippen LogP contribution < -0.4 is 10.6 Å². The average Bonchev–Trinajstić information content (AvgIpc) is 3.23. The molecule has 0 radical (unpaired) electrons. The van der Waals surface area contributed by atoms with Gasteiger partial charge in [-0.3, -0.25) is 0 Å². The van der Waals surface area contributed by atoms with Crippen LogP contribution in [-0.2, 0) is 0 Å². The van der Waals surface area contributed by atoms with Gasteiger partial charge < -0.3 is 20.5 Å². The van der Waals surface area contributed by atoms with E-state index in [4.69, 9.17) is 11.6 Å². The predicted octanol–water partition coefficient (Wildman–Crippen LogP) is 7.83. The summed E-state index contributed by atoms with van der Waals surface area (Å²) in [7, 11) is 0. The zero-order valence-electron chi connectivity index (χ0n) is 19.1. The second-order valence-corrected chi connectivity index (χ2v) is 10.5. The number of halogens is 2. The van der Waals surface area contributed by atoms with Crippen LogP contribution in [0.4, 0.5) is 16.2 Å². The van der Waals surface area contributed by atoms with Gasteiger partial charge in [0.25, 0.3) is 0 Å². The van der Waals surface area contributed by atoms with Gasteiger partial charge in [-0.25, -0.2) is 4.79 Å². The van der Waals surface area contributed by atoms with E-state index >= 15 is 0 Å². The Morgan fingerprint density at radius 1 is 1.12 bits per heavy atom. The molecule has 0 saturated carbocycles. The number of hydrogen-bond donors (Lipinski definition) is 3. The standard InChI is InChI=1S/C26H32ClIN4O/c1-2-3-4-5-12-32-13-10-18(11-14-32)22-17-29-24-9-7-20(16-21(22)24)30-26(33)31-25-15-19(28)6-8-23(25)27/h6-9,15-18,29H,2-5,10-14H2,1H3,(H2,30,31,33). The number of urea groups is 1. The Bertz CT molecular complexity index is 1090. The van der Waals surface area contributed by atoms with Crippen molar-refractivity contribution < 1.29 is 4.79 Å². The third-order valence-electron chi connectivity index (χ3n) is 6.50. The molecule has 1 aliphatic heterocycles. The lowest BCUT2D eigenvalue weighted by Crippen LogP contribution is -2.33. The molecular formula is C26H32ClIN4O. The number of H-pyrrole nitrogens is 1. The van der Waals surface area contributed by atoms with Gasteiger partial charge in [0.1, 0.15) is 0 Å². The van der Waals surface area contributed by atoms with E-state index in [1.165, 1.54) is 69.1 Å². The molecule has 0 aliphatic carbocycles. The van der Waals surface area contributed by atoms with E-state index < -0.39 is 0 Å². The van der Waals surface area contributed by atoms with Gasteiger partial charge in [0, 0.05) is 26.4 Å². The molecule has 33 heavy (non-hydrogen) atoms. The number of likely N-dealkylation sites (tertiary alicyclic amines) is 1. The first-order chi connectivity index (χ1) is 16.0. The molecule has 1 aromatic heterocycles. The van der Waals surface area contributed by atoms with E-state index in [0.717, 1.165) is 14.8 Å². The topological polar surface area (TPSA) is 60.2 Å². The smallest absolute Gasteiger partial charge is 0.323 e. The molecule has 1 aliphatic rings. The summed E-state index contributed by atoms with van der Waals surface area (Å²) in [6, 6.07) is 11.3. The van der Waals surface area contributed by atoms with Gasteiger partial charge >= 0.3 is 6.03 Å². The number of nitrogens with zero attached hydrogens (tertiary/aromatic N) is 1. The summed E-state index contributed by atoms with van der Waals surface area (Å²) >= 11 is 8.41. The number of carbonyl (C=O) groups excluding carboxylic acids is 1. The number of nitrogens with one attached hydrogen (secondary N) is 3. The van der Waals surface area contributed by atoms with Crippen LogP contribution in [0.5, 0.6) is 0 Å². The third-order valence-corrected chi connectivity index (χ3v) is 7.50. The van der Waals surface area contributed by atoms with Gasteiger partial charge in [-0.1, -0.05) is 37.8 Å². The summed E-state index contributed by atoms with van der Waals surface area (Å²) in [5.41, 5.74) is 3.85. The van der Waals surface area contributed by atoms with E-state index in [0.29, 0.717) is 16.6 Å². The Labute approximate surface area is 214 Å². The Morgan fingerprint density at radius 2 is 1.94 bits per heavy atom. The molecule has 4 rings (SSSR count). The number of benzene rings is 2. The zero-order valence-corrected chi connectivity index (χ0v) is 22.0. The number of fused-ring (bicyclic) bond motifs is 1. The molecule has 1 fully saturated rings. The van der Waals surface area contributed by atoms with Crippen molar-refractivity contribution in [2.45, 2.75) is 51.4 Å². The van der Waals surface area contributed by atoms with Crippen LogP contribution in [0.2, 0.25) is 5.02 Å². The molecule has 0 bridgehead atoms. The number of rotatable bonds is 8. The SMILES string of the molecule is CCCCCCN1CCC(c2c[nH]c3ccc(NC(=O)Nc4cc(I)ccc4Cl)cc23)CC1. The Kier molecular flexibility index (Phi) is 8.55. The van der Waals surface area contributed by atoms with Gasteiger partial charge in [-0.2, -0.15) is 0 Å². The molecule has 2 amide bonds. The van der Waals surface area contributed by atoms with Crippen molar-refractivity contribution >= 4 is 62.5 Å². The van der Waals surface area contributed by atoms with Gasteiger partial charge in [-0.15, -0.1) is 0 Å². The Hall–Kier alpha value is -1.77. The van der Waals surface area contributed by atoms with Gasteiger partial charge in [-0.05, 0) is 109 Å². The quantitative estimate of drug-likeness (QED) is 0.188. The maximum absolute atomic E-state index is 12.6. The van der Waals surface area contributed by atoms with Crippen LogP contribution in [0.25, 0.3) is 10.9 Å². The minimum Gasteiger partial charge on any atom is -0.361 e. The van der Waals surface area contributed by atoms with E-state index in [2.05, 4.69) is 62.3 Å². The van der Waals surface area contributed by atoms with E-state index in [1.54, 1.807) is 6.07 Å². The van der Waals surface area contributed by atoms with E-state index in [-0.39, 0.29) is 6.03 Å². The average molecular weight is 579 g/mol. The Morgan fingerprint density at radius 3 is 2.73 bits per heavy atom. The van der Waals surface area contributed by atoms with Crippen LogP contribution >= 0.6 is 34.2 Å². The van der Waals surface area contributed by atoms with Crippen LogP contribution in [0.1, 0.15) is 56.9 Å². The highest BCUT2D eigenvalue weighted by molar-refractivity contribution is 14.1. The summed E-state index contributed by atoms with van der Waals surface area (Å²) in [5, 5.41) is 7.52. The normalized spacial score (nSPS) is 15.1. The van der Waals surface area contributed by atoms with Crippen LogP contribution in [0.3, 0.4) is 0 Å². The number of hydrogen-bond acceptors (Lipinski definition) is 2. The van der Waals surface area contributed by atoms with Crippen molar-refractivity contribution in [3.05, 3.63) is 56.8 Å². The predicted molar refractivity (Wildman–Crippen MR) is 148 cm³/mol. The molecule has 176 valence electrons. The second kappa shape index (κ2) is 11.6. The number of aromatic nitrogens is 1. The number of piperidine rings is 1. The van der Waals surface area contributed by atoms with Crippen molar-refractivity contribution in [1.82, 2.24) is 9.88 Å². The first-order valence-corrected chi connectivity index (χ1v) is 13.4. The highest BCUT2D eigenvalue weighted by atomic mass is 127. The number of anilines is 2. The van der Waals surface area contributed by atoms with E-state index in [1.807, 2.05) is 24.3 Å². The second-order valence-electron chi connectivity index (χ2n) is 8.88. The first kappa shape index (κ1) is 24.4. The van der Waals surface area contributed by atoms with Gasteiger partial charge in [0.05, 0.1) is 10.7 Å². The molecule has 3 aromatic rings. The Balaban J connectivity index is 1.38. The summed E-state index contributed by atoms with van der Waals surface area (Å²) in [6.45, 7) is 5.83.